The maximum atomic E-state index is 9.94. The predicted molar refractivity (Wildman–Crippen MR) is 61.7 cm³/mol. The van der Waals surface area contributed by atoms with E-state index in [4.69, 9.17) is 4.74 Å². The molecular formula is C12H25NO2. The van der Waals surface area contributed by atoms with Crippen LogP contribution in [0.4, 0.5) is 0 Å². The first kappa shape index (κ1) is 12.9. The van der Waals surface area contributed by atoms with E-state index >= 15 is 0 Å². The Balaban J connectivity index is 3.13. The molecule has 90 valence electrons. The van der Waals surface area contributed by atoms with Crippen molar-refractivity contribution in [2.45, 2.75) is 71.4 Å². The molecule has 3 nitrogen and oxygen atoms in total. The molecule has 0 amide bonds. The van der Waals surface area contributed by atoms with Gasteiger partial charge in [0.1, 0.15) is 0 Å². The molecule has 0 saturated carbocycles. The lowest BCUT2D eigenvalue weighted by atomic mass is 9.84. The molecule has 0 aromatic rings. The summed E-state index contributed by atoms with van der Waals surface area (Å²) in [5.74, 6) is 0. The number of hydrogen-bond donors (Lipinski definition) is 1. The van der Waals surface area contributed by atoms with Crippen LogP contribution in [-0.2, 0) is 4.74 Å². The average Bonchev–Trinajstić information content (AvgIpc) is 1.93. The Morgan fingerprint density at radius 1 is 1.20 bits per heavy atom. The molecular weight excluding hydrogens is 190 g/mol. The lowest BCUT2D eigenvalue weighted by Crippen LogP contribution is -2.72. The minimum atomic E-state index is -0.718. The molecule has 0 aliphatic carbocycles. The smallest absolute Gasteiger partial charge is 0.172 e. The molecule has 0 aromatic carbocycles. The number of ether oxygens (including phenoxy) is 1. The Labute approximate surface area is 93.4 Å². The summed E-state index contributed by atoms with van der Waals surface area (Å²) < 4.78 is 5.45. The van der Waals surface area contributed by atoms with Crippen LogP contribution >= 0.6 is 0 Å². The van der Waals surface area contributed by atoms with Crippen LogP contribution in [0.2, 0.25) is 0 Å². The zero-order chi connectivity index (χ0) is 12.1. The van der Waals surface area contributed by atoms with E-state index in [1.54, 1.807) is 0 Å². The van der Waals surface area contributed by atoms with Crippen molar-refractivity contribution < 1.29 is 9.84 Å². The Kier molecular flexibility index (Phi) is 2.97. The SMILES string of the molecule is CC(C)(C)N1C(C)(C)COC(O)C1(C)C. The minimum Gasteiger partial charge on any atom is -0.366 e. The molecule has 1 N–H and O–H groups in total. The van der Waals surface area contributed by atoms with Gasteiger partial charge in [0.05, 0.1) is 12.1 Å². The predicted octanol–water partition coefficient (Wildman–Crippen LogP) is 1.99. The second-order valence-corrected chi connectivity index (χ2v) is 6.64. The van der Waals surface area contributed by atoms with E-state index in [-0.39, 0.29) is 16.6 Å². The molecule has 1 aliphatic rings. The monoisotopic (exact) mass is 215 g/mol. The fourth-order valence-corrected chi connectivity index (χ4v) is 3.21. The van der Waals surface area contributed by atoms with Crippen molar-refractivity contribution >= 4 is 0 Å². The van der Waals surface area contributed by atoms with Crippen LogP contribution < -0.4 is 0 Å². The fourth-order valence-electron chi connectivity index (χ4n) is 3.21. The fraction of sp³-hybridized carbons (Fsp3) is 1.00. The van der Waals surface area contributed by atoms with Gasteiger partial charge in [-0.1, -0.05) is 0 Å². The van der Waals surface area contributed by atoms with Crippen LogP contribution in [0.5, 0.6) is 0 Å². The maximum Gasteiger partial charge on any atom is 0.172 e. The normalized spacial score (nSPS) is 31.6. The summed E-state index contributed by atoms with van der Waals surface area (Å²) in [4.78, 5) is 2.35. The highest BCUT2D eigenvalue weighted by Gasteiger charge is 2.51. The zero-order valence-corrected chi connectivity index (χ0v) is 11.1. The van der Waals surface area contributed by atoms with Gasteiger partial charge in [-0.15, -0.1) is 0 Å². The van der Waals surface area contributed by atoms with E-state index in [9.17, 15) is 5.11 Å². The first-order valence-electron chi connectivity index (χ1n) is 5.60. The number of morpholine rings is 1. The van der Waals surface area contributed by atoms with E-state index in [0.29, 0.717) is 6.61 Å². The van der Waals surface area contributed by atoms with Crippen LogP contribution in [0.3, 0.4) is 0 Å². The molecule has 1 aliphatic heterocycles. The van der Waals surface area contributed by atoms with E-state index in [2.05, 4.69) is 39.5 Å². The molecule has 3 heteroatoms. The molecule has 1 heterocycles. The second-order valence-electron chi connectivity index (χ2n) is 6.64. The standard InChI is InChI=1S/C12H25NO2/c1-10(2,3)13-11(4,5)8-15-9(14)12(13,6)7/h9,14H,8H2,1-7H3. The van der Waals surface area contributed by atoms with Crippen molar-refractivity contribution in [3.63, 3.8) is 0 Å². The summed E-state index contributed by atoms with van der Waals surface area (Å²) in [6, 6.07) is 0. The molecule has 1 rings (SSSR count). The average molecular weight is 215 g/mol. The van der Waals surface area contributed by atoms with Gasteiger partial charge < -0.3 is 9.84 Å². The topological polar surface area (TPSA) is 32.7 Å². The highest BCUT2D eigenvalue weighted by Crippen LogP contribution is 2.39. The molecule has 1 atom stereocenters. The third-order valence-electron chi connectivity index (χ3n) is 3.05. The van der Waals surface area contributed by atoms with E-state index in [1.807, 2.05) is 13.8 Å². The lowest BCUT2D eigenvalue weighted by molar-refractivity contribution is -0.270. The highest BCUT2D eigenvalue weighted by molar-refractivity contribution is 5.03. The zero-order valence-electron chi connectivity index (χ0n) is 11.1. The van der Waals surface area contributed by atoms with E-state index < -0.39 is 6.29 Å². The molecule has 0 aromatic heterocycles. The summed E-state index contributed by atoms with van der Waals surface area (Å²) in [6.07, 6.45) is -0.718. The van der Waals surface area contributed by atoms with Crippen molar-refractivity contribution in [3.8, 4) is 0 Å². The first-order chi connectivity index (χ1) is 6.49. The van der Waals surface area contributed by atoms with Gasteiger partial charge in [-0.3, -0.25) is 4.90 Å². The van der Waals surface area contributed by atoms with Gasteiger partial charge in [0, 0.05) is 11.1 Å². The third-order valence-corrected chi connectivity index (χ3v) is 3.05. The van der Waals surface area contributed by atoms with Crippen molar-refractivity contribution in [2.75, 3.05) is 6.61 Å². The number of aliphatic hydroxyl groups excluding tert-OH is 1. The third kappa shape index (κ3) is 2.19. The van der Waals surface area contributed by atoms with Gasteiger partial charge in [0.25, 0.3) is 0 Å². The maximum absolute atomic E-state index is 9.94. The summed E-state index contributed by atoms with van der Waals surface area (Å²) in [6.45, 7) is 15.5. The van der Waals surface area contributed by atoms with E-state index in [0.717, 1.165) is 0 Å². The quantitative estimate of drug-likeness (QED) is 0.671. The van der Waals surface area contributed by atoms with Crippen molar-refractivity contribution in [1.82, 2.24) is 4.90 Å². The highest BCUT2D eigenvalue weighted by atomic mass is 16.6. The van der Waals surface area contributed by atoms with Crippen LogP contribution in [-0.4, -0.2) is 39.5 Å². The summed E-state index contributed by atoms with van der Waals surface area (Å²) >= 11 is 0. The molecule has 15 heavy (non-hydrogen) atoms. The molecule has 1 unspecified atom stereocenters. The van der Waals surface area contributed by atoms with Crippen molar-refractivity contribution in [1.29, 1.82) is 0 Å². The van der Waals surface area contributed by atoms with Gasteiger partial charge in [0.15, 0.2) is 6.29 Å². The molecule has 0 spiro atoms. The van der Waals surface area contributed by atoms with Crippen LogP contribution in [0, 0.1) is 0 Å². The number of aliphatic hydroxyl groups is 1. The van der Waals surface area contributed by atoms with Gasteiger partial charge in [0.2, 0.25) is 0 Å². The summed E-state index contributed by atoms with van der Waals surface area (Å²) in [5, 5.41) is 9.94. The molecule has 0 bridgehead atoms. The van der Waals surface area contributed by atoms with Gasteiger partial charge in [-0.2, -0.15) is 0 Å². The van der Waals surface area contributed by atoms with Crippen LogP contribution in [0.15, 0.2) is 0 Å². The second kappa shape index (κ2) is 3.44. The Morgan fingerprint density at radius 2 is 1.67 bits per heavy atom. The van der Waals surface area contributed by atoms with Crippen LogP contribution in [0.1, 0.15) is 48.5 Å². The first-order valence-corrected chi connectivity index (χ1v) is 5.60. The number of hydrogen-bond acceptors (Lipinski definition) is 3. The Hall–Kier alpha value is -0.120. The molecule has 1 saturated heterocycles. The molecule has 1 fully saturated rings. The summed E-state index contributed by atoms with van der Waals surface area (Å²) in [5.41, 5.74) is -0.404. The van der Waals surface area contributed by atoms with Gasteiger partial charge in [-0.05, 0) is 48.5 Å². The van der Waals surface area contributed by atoms with Crippen molar-refractivity contribution in [2.24, 2.45) is 0 Å². The largest absolute Gasteiger partial charge is 0.366 e. The minimum absolute atomic E-state index is 0.0117. The van der Waals surface area contributed by atoms with E-state index in [1.165, 1.54) is 0 Å². The summed E-state index contributed by atoms with van der Waals surface area (Å²) in [7, 11) is 0. The van der Waals surface area contributed by atoms with Gasteiger partial charge in [-0.25, -0.2) is 0 Å². The van der Waals surface area contributed by atoms with Crippen LogP contribution in [0.25, 0.3) is 0 Å². The Bertz CT molecular complexity index is 240. The molecule has 0 radical (unpaired) electrons. The van der Waals surface area contributed by atoms with Gasteiger partial charge >= 0.3 is 0 Å². The Morgan fingerprint density at radius 3 is 2.00 bits per heavy atom. The number of nitrogens with zero attached hydrogens (tertiary/aromatic N) is 1. The lowest BCUT2D eigenvalue weighted by Gasteiger charge is -2.59. The number of rotatable bonds is 0. The van der Waals surface area contributed by atoms with Crippen molar-refractivity contribution in [3.05, 3.63) is 0 Å².